The Morgan fingerprint density at radius 1 is 1.50 bits per heavy atom. The molecule has 0 bridgehead atoms. The molecule has 1 aliphatic heterocycles. The van der Waals surface area contributed by atoms with Gasteiger partial charge in [-0.15, -0.1) is 0 Å². The van der Waals surface area contributed by atoms with Crippen LogP contribution in [0, 0.1) is 5.92 Å². The zero-order chi connectivity index (χ0) is 13.2. The average Bonchev–Trinajstić information content (AvgIpc) is 2.40. The van der Waals surface area contributed by atoms with Crippen molar-refractivity contribution in [3.8, 4) is 0 Å². The number of hydrogen-bond donors (Lipinski definition) is 1. The molecule has 0 aromatic heterocycles. The molecular weight excluding hydrogens is 230 g/mol. The lowest BCUT2D eigenvalue weighted by Crippen LogP contribution is -2.42. The van der Waals surface area contributed by atoms with Crippen molar-refractivity contribution < 1.29 is 14.3 Å². The molecule has 0 saturated carbocycles. The van der Waals surface area contributed by atoms with E-state index < -0.39 is 0 Å². The molecule has 1 aliphatic rings. The summed E-state index contributed by atoms with van der Waals surface area (Å²) in [4.78, 5) is 11.7. The van der Waals surface area contributed by atoms with Gasteiger partial charge in [-0.2, -0.15) is 0 Å². The molecule has 1 saturated heterocycles. The number of carbonyl (C=O) groups is 1. The first-order valence-electron chi connectivity index (χ1n) is 7.23. The summed E-state index contributed by atoms with van der Waals surface area (Å²) in [6.45, 7) is 7.09. The molecule has 0 aromatic rings. The Balaban J connectivity index is 2.14. The van der Waals surface area contributed by atoms with E-state index in [1.165, 1.54) is 12.8 Å². The number of nitrogens with one attached hydrogen (secondary N) is 1. The summed E-state index contributed by atoms with van der Waals surface area (Å²) >= 11 is 0. The molecule has 1 rings (SSSR count). The van der Waals surface area contributed by atoms with Crippen molar-refractivity contribution in [2.75, 3.05) is 26.4 Å². The second-order valence-corrected chi connectivity index (χ2v) is 5.03. The molecule has 106 valence electrons. The Kier molecular flexibility index (Phi) is 8.01. The van der Waals surface area contributed by atoms with E-state index in [0.717, 1.165) is 26.0 Å². The number of hydrogen-bond acceptors (Lipinski definition) is 4. The molecule has 18 heavy (non-hydrogen) atoms. The highest BCUT2D eigenvalue weighted by Gasteiger charge is 2.18. The van der Waals surface area contributed by atoms with Gasteiger partial charge in [0.1, 0.15) is 0 Å². The van der Waals surface area contributed by atoms with E-state index in [-0.39, 0.29) is 12.0 Å². The Hall–Kier alpha value is -0.610. The van der Waals surface area contributed by atoms with Crippen LogP contribution in [0.3, 0.4) is 0 Å². The number of morpholine rings is 1. The van der Waals surface area contributed by atoms with Crippen LogP contribution < -0.4 is 5.32 Å². The van der Waals surface area contributed by atoms with Crippen molar-refractivity contribution in [3.05, 3.63) is 0 Å². The smallest absolute Gasteiger partial charge is 0.307 e. The molecule has 1 N–H and O–H groups in total. The Labute approximate surface area is 110 Å². The lowest BCUT2D eigenvalue weighted by Gasteiger charge is -2.23. The molecule has 2 atom stereocenters. The summed E-state index contributed by atoms with van der Waals surface area (Å²) in [6, 6.07) is 0.127. The largest absolute Gasteiger partial charge is 0.465 e. The monoisotopic (exact) mass is 257 g/mol. The maximum atomic E-state index is 11.7. The summed E-state index contributed by atoms with van der Waals surface area (Å²) in [5.74, 6) is 0.414. The molecule has 2 unspecified atom stereocenters. The van der Waals surface area contributed by atoms with Crippen LogP contribution >= 0.6 is 0 Å². The van der Waals surface area contributed by atoms with Crippen LogP contribution in [0.15, 0.2) is 0 Å². The van der Waals surface area contributed by atoms with Crippen LogP contribution in [0.5, 0.6) is 0 Å². The highest BCUT2D eigenvalue weighted by atomic mass is 16.5. The van der Waals surface area contributed by atoms with Gasteiger partial charge in [0, 0.05) is 12.6 Å². The first-order chi connectivity index (χ1) is 8.76. The third-order valence-electron chi connectivity index (χ3n) is 3.43. The zero-order valence-corrected chi connectivity index (χ0v) is 11.7. The maximum Gasteiger partial charge on any atom is 0.307 e. The lowest BCUT2D eigenvalue weighted by molar-refractivity contribution is -0.146. The van der Waals surface area contributed by atoms with Crippen molar-refractivity contribution in [1.29, 1.82) is 0 Å². The number of esters is 1. The van der Waals surface area contributed by atoms with Crippen LogP contribution in [0.4, 0.5) is 0 Å². The highest BCUT2D eigenvalue weighted by Crippen LogP contribution is 2.13. The predicted octanol–water partition coefficient (Wildman–Crippen LogP) is 2.12. The van der Waals surface area contributed by atoms with Gasteiger partial charge in [-0.1, -0.05) is 33.1 Å². The Morgan fingerprint density at radius 2 is 2.33 bits per heavy atom. The van der Waals surface area contributed by atoms with E-state index >= 15 is 0 Å². The predicted molar refractivity (Wildman–Crippen MR) is 71.5 cm³/mol. The fraction of sp³-hybridized carbons (Fsp3) is 0.929. The SMILES string of the molecule is CCCCC(CC)COC(=O)CC1COCCN1. The second kappa shape index (κ2) is 9.34. The van der Waals surface area contributed by atoms with E-state index in [0.29, 0.717) is 25.6 Å². The van der Waals surface area contributed by atoms with Crippen molar-refractivity contribution in [3.63, 3.8) is 0 Å². The van der Waals surface area contributed by atoms with E-state index in [2.05, 4.69) is 19.2 Å². The van der Waals surface area contributed by atoms with Crippen LogP contribution in [0.1, 0.15) is 46.0 Å². The summed E-state index contributed by atoms with van der Waals surface area (Å²) in [7, 11) is 0. The van der Waals surface area contributed by atoms with Gasteiger partial charge in [-0.25, -0.2) is 0 Å². The van der Waals surface area contributed by atoms with Crippen LogP contribution in [0.25, 0.3) is 0 Å². The minimum atomic E-state index is -0.104. The standard InChI is InChI=1S/C14H27NO3/c1-3-5-6-12(4-2)10-18-14(16)9-13-11-17-8-7-15-13/h12-13,15H,3-11H2,1-2H3. The van der Waals surface area contributed by atoms with Gasteiger partial charge in [0.25, 0.3) is 0 Å². The highest BCUT2D eigenvalue weighted by molar-refractivity contribution is 5.70. The summed E-state index contributed by atoms with van der Waals surface area (Å²) in [6.07, 6.45) is 5.08. The van der Waals surface area contributed by atoms with E-state index in [1.54, 1.807) is 0 Å². The third kappa shape index (κ3) is 6.36. The molecule has 0 amide bonds. The summed E-state index contributed by atoms with van der Waals surface area (Å²) < 4.78 is 10.7. The first-order valence-corrected chi connectivity index (χ1v) is 7.23. The topological polar surface area (TPSA) is 47.6 Å². The first kappa shape index (κ1) is 15.4. The summed E-state index contributed by atoms with van der Waals surface area (Å²) in [5.41, 5.74) is 0. The van der Waals surface area contributed by atoms with Gasteiger partial charge in [-0.3, -0.25) is 4.79 Å². The van der Waals surface area contributed by atoms with Crippen LogP contribution in [-0.2, 0) is 14.3 Å². The number of unbranched alkanes of at least 4 members (excludes halogenated alkanes) is 1. The third-order valence-corrected chi connectivity index (χ3v) is 3.43. The average molecular weight is 257 g/mol. The van der Waals surface area contributed by atoms with Crippen molar-refractivity contribution in [2.45, 2.75) is 52.0 Å². The molecule has 1 heterocycles. The van der Waals surface area contributed by atoms with Crippen LogP contribution in [-0.4, -0.2) is 38.4 Å². The van der Waals surface area contributed by atoms with Crippen LogP contribution in [0.2, 0.25) is 0 Å². The minimum absolute atomic E-state index is 0.104. The molecule has 4 nitrogen and oxygen atoms in total. The van der Waals surface area contributed by atoms with Crippen molar-refractivity contribution in [1.82, 2.24) is 5.32 Å². The number of carbonyl (C=O) groups excluding carboxylic acids is 1. The Bertz CT molecular complexity index is 227. The maximum absolute atomic E-state index is 11.7. The van der Waals surface area contributed by atoms with E-state index in [4.69, 9.17) is 9.47 Å². The fourth-order valence-electron chi connectivity index (χ4n) is 2.12. The van der Waals surface area contributed by atoms with Gasteiger partial charge >= 0.3 is 5.97 Å². The normalized spacial score (nSPS) is 21.6. The number of rotatable bonds is 8. The van der Waals surface area contributed by atoms with Gasteiger partial charge in [0.05, 0.1) is 26.2 Å². The minimum Gasteiger partial charge on any atom is -0.465 e. The molecule has 4 heteroatoms. The molecule has 0 aromatic carbocycles. The second-order valence-electron chi connectivity index (χ2n) is 5.03. The van der Waals surface area contributed by atoms with Crippen molar-refractivity contribution in [2.24, 2.45) is 5.92 Å². The fourth-order valence-corrected chi connectivity index (χ4v) is 2.12. The summed E-state index contributed by atoms with van der Waals surface area (Å²) in [5, 5.41) is 3.26. The molecular formula is C14H27NO3. The quantitative estimate of drug-likeness (QED) is 0.677. The molecule has 0 spiro atoms. The lowest BCUT2D eigenvalue weighted by atomic mass is 10.0. The van der Waals surface area contributed by atoms with Crippen molar-refractivity contribution >= 4 is 5.97 Å². The van der Waals surface area contributed by atoms with E-state index in [1.807, 2.05) is 0 Å². The zero-order valence-electron chi connectivity index (χ0n) is 11.7. The molecule has 1 fully saturated rings. The van der Waals surface area contributed by atoms with E-state index in [9.17, 15) is 4.79 Å². The Morgan fingerprint density at radius 3 is 2.94 bits per heavy atom. The molecule has 0 radical (unpaired) electrons. The van der Waals surface area contributed by atoms with Gasteiger partial charge in [0.2, 0.25) is 0 Å². The van der Waals surface area contributed by atoms with Gasteiger partial charge < -0.3 is 14.8 Å². The van der Waals surface area contributed by atoms with Gasteiger partial charge in [0.15, 0.2) is 0 Å². The molecule has 0 aliphatic carbocycles. The van der Waals surface area contributed by atoms with Gasteiger partial charge in [-0.05, 0) is 12.3 Å². The number of ether oxygens (including phenoxy) is 2.